The second-order valence-electron chi connectivity index (χ2n) is 5.55. The van der Waals surface area contributed by atoms with Crippen molar-refractivity contribution in [2.24, 2.45) is 0 Å². The molecule has 0 saturated heterocycles. The van der Waals surface area contributed by atoms with E-state index in [9.17, 15) is 13.2 Å². The summed E-state index contributed by atoms with van der Waals surface area (Å²) >= 11 is 0. The fourth-order valence-electron chi connectivity index (χ4n) is 2.30. The molecule has 27 heavy (non-hydrogen) atoms. The molecule has 0 spiro atoms. The van der Waals surface area contributed by atoms with E-state index in [0.29, 0.717) is 28.5 Å². The van der Waals surface area contributed by atoms with Gasteiger partial charge >= 0.3 is 0 Å². The Bertz CT molecular complexity index is 881. The number of methoxy groups -OCH3 is 3. The van der Waals surface area contributed by atoms with Crippen LogP contribution in [0.25, 0.3) is 0 Å². The first kappa shape index (κ1) is 20.5. The second-order valence-corrected chi connectivity index (χ2v) is 7.35. The van der Waals surface area contributed by atoms with Crippen molar-refractivity contribution in [1.82, 2.24) is 4.72 Å². The Morgan fingerprint density at radius 2 is 1.59 bits per heavy atom. The zero-order chi connectivity index (χ0) is 19.9. The lowest BCUT2D eigenvalue weighted by molar-refractivity contribution is -0.115. The maximum atomic E-state index is 12.2. The Hall–Kier alpha value is -2.78. The number of carbonyl (C=O) groups is 1. The molecule has 0 heterocycles. The average molecular weight is 394 g/mol. The van der Waals surface area contributed by atoms with Crippen LogP contribution in [0.3, 0.4) is 0 Å². The van der Waals surface area contributed by atoms with E-state index >= 15 is 0 Å². The largest absolute Gasteiger partial charge is 0.497 e. The fourth-order valence-corrected chi connectivity index (χ4v) is 3.37. The number of rotatable bonds is 9. The number of anilines is 1. The van der Waals surface area contributed by atoms with E-state index in [1.165, 1.54) is 14.2 Å². The SMILES string of the molecule is COc1ccc(NC(=O)CNS(=O)(=O)Cc2ccc(OC)c(OC)c2)cc1. The van der Waals surface area contributed by atoms with Crippen molar-refractivity contribution in [2.75, 3.05) is 33.2 Å². The summed E-state index contributed by atoms with van der Waals surface area (Å²) in [5, 5.41) is 2.61. The van der Waals surface area contributed by atoms with Gasteiger partial charge in [0.25, 0.3) is 0 Å². The summed E-state index contributed by atoms with van der Waals surface area (Å²) in [5.74, 6) is 0.830. The van der Waals surface area contributed by atoms with Crippen LogP contribution in [0.5, 0.6) is 17.2 Å². The van der Waals surface area contributed by atoms with E-state index in [1.807, 2.05) is 0 Å². The van der Waals surface area contributed by atoms with Crippen LogP contribution in [0.2, 0.25) is 0 Å². The number of carbonyl (C=O) groups excluding carboxylic acids is 1. The van der Waals surface area contributed by atoms with Gasteiger partial charge in [-0.25, -0.2) is 13.1 Å². The van der Waals surface area contributed by atoms with Gasteiger partial charge in [-0.05, 0) is 42.0 Å². The molecule has 2 aromatic carbocycles. The highest BCUT2D eigenvalue weighted by molar-refractivity contribution is 7.88. The Morgan fingerprint density at radius 3 is 2.19 bits per heavy atom. The highest BCUT2D eigenvalue weighted by Gasteiger charge is 2.15. The smallest absolute Gasteiger partial charge is 0.239 e. The first-order valence-electron chi connectivity index (χ1n) is 7.99. The zero-order valence-electron chi connectivity index (χ0n) is 15.3. The van der Waals surface area contributed by atoms with Crippen LogP contribution in [-0.2, 0) is 20.6 Å². The van der Waals surface area contributed by atoms with Crippen molar-refractivity contribution >= 4 is 21.6 Å². The summed E-state index contributed by atoms with van der Waals surface area (Å²) in [6.45, 7) is -0.373. The summed E-state index contributed by atoms with van der Waals surface area (Å²) < 4.78 is 42.0. The van der Waals surface area contributed by atoms with Crippen molar-refractivity contribution in [3.05, 3.63) is 48.0 Å². The second kappa shape index (κ2) is 9.24. The van der Waals surface area contributed by atoms with E-state index in [-0.39, 0.29) is 12.3 Å². The Kier molecular flexibility index (Phi) is 7.03. The summed E-state index contributed by atoms with van der Waals surface area (Å²) in [6, 6.07) is 11.5. The molecule has 0 atom stereocenters. The van der Waals surface area contributed by atoms with Gasteiger partial charge in [0.05, 0.1) is 33.6 Å². The van der Waals surface area contributed by atoms with Gasteiger partial charge in [0.15, 0.2) is 11.5 Å². The summed E-state index contributed by atoms with van der Waals surface area (Å²) in [7, 11) is 0.805. The predicted molar refractivity (Wildman–Crippen MR) is 102 cm³/mol. The van der Waals surface area contributed by atoms with Crippen molar-refractivity contribution in [3.63, 3.8) is 0 Å². The lowest BCUT2D eigenvalue weighted by Gasteiger charge is -2.11. The van der Waals surface area contributed by atoms with Gasteiger partial charge in [-0.3, -0.25) is 4.79 Å². The van der Waals surface area contributed by atoms with E-state index in [0.717, 1.165) is 0 Å². The third kappa shape index (κ3) is 6.15. The lowest BCUT2D eigenvalue weighted by Crippen LogP contribution is -2.33. The summed E-state index contributed by atoms with van der Waals surface area (Å²) in [4.78, 5) is 11.9. The van der Waals surface area contributed by atoms with Crippen LogP contribution >= 0.6 is 0 Å². The van der Waals surface area contributed by atoms with Crippen LogP contribution in [0.4, 0.5) is 5.69 Å². The molecule has 0 aromatic heterocycles. The zero-order valence-corrected chi connectivity index (χ0v) is 16.1. The molecule has 8 nitrogen and oxygen atoms in total. The number of benzene rings is 2. The number of hydrogen-bond donors (Lipinski definition) is 2. The minimum atomic E-state index is -3.70. The van der Waals surface area contributed by atoms with Crippen molar-refractivity contribution in [3.8, 4) is 17.2 Å². The maximum Gasteiger partial charge on any atom is 0.239 e. The minimum Gasteiger partial charge on any atom is -0.497 e. The third-order valence-corrected chi connectivity index (χ3v) is 4.93. The van der Waals surface area contributed by atoms with Gasteiger partial charge in [-0.1, -0.05) is 6.07 Å². The molecule has 0 fully saturated rings. The van der Waals surface area contributed by atoms with Gasteiger partial charge in [-0.2, -0.15) is 0 Å². The van der Waals surface area contributed by atoms with Gasteiger partial charge in [-0.15, -0.1) is 0 Å². The molecule has 9 heteroatoms. The highest BCUT2D eigenvalue weighted by atomic mass is 32.2. The Labute approximate surface area is 158 Å². The number of amides is 1. The minimum absolute atomic E-state index is 0.289. The van der Waals surface area contributed by atoms with E-state index < -0.39 is 15.9 Å². The molecular weight excluding hydrogens is 372 g/mol. The third-order valence-electron chi connectivity index (χ3n) is 3.63. The number of ether oxygens (including phenoxy) is 3. The first-order chi connectivity index (χ1) is 12.9. The van der Waals surface area contributed by atoms with Crippen LogP contribution < -0.4 is 24.2 Å². The van der Waals surface area contributed by atoms with Crippen LogP contribution in [0, 0.1) is 0 Å². The molecule has 146 valence electrons. The molecule has 0 aliphatic rings. The first-order valence-corrected chi connectivity index (χ1v) is 9.64. The van der Waals surface area contributed by atoms with Crippen molar-refractivity contribution in [2.45, 2.75) is 5.75 Å². The molecule has 0 radical (unpaired) electrons. The molecule has 2 aromatic rings. The van der Waals surface area contributed by atoms with Crippen molar-refractivity contribution < 1.29 is 27.4 Å². The van der Waals surface area contributed by atoms with Gasteiger partial charge < -0.3 is 19.5 Å². The summed E-state index contributed by atoms with van der Waals surface area (Å²) in [5.41, 5.74) is 1.05. The molecule has 0 bridgehead atoms. The molecule has 2 N–H and O–H groups in total. The lowest BCUT2D eigenvalue weighted by atomic mass is 10.2. The van der Waals surface area contributed by atoms with E-state index in [2.05, 4.69) is 10.0 Å². The molecule has 0 unspecified atom stereocenters. The Balaban J connectivity index is 1.92. The van der Waals surface area contributed by atoms with Crippen LogP contribution in [-0.4, -0.2) is 42.2 Å². The monoisotopic (exact) mass is 394 g/mol. The van der Waals surface area contributed by atoms with Gasteiger partial charge in [0.1, 0.15) is 5.75 Å². The average Bonchev–Trinajstić information content (AvgIpc) is 2.66. The maximum absolute atomic E-state index is 12.2. The molecular formula is C18H22N2O6S. The molecule has 0 saturated carbocycles. The summed E-state index contributed by atoms with van der Waals surface area (Å²) in [6.07, 6.45) is 0. The predicted octanol–water partition coefficient (Wildman–Crippen LogP) is 1.77. The fraction of sp³-hybridized carbons (Fsp3) is 0.278. The standard InChI is InChI=1S/C18H22N2O6S/c1-24-15-7-5-14(6-8-15)20-18(21)11-19-27(22,23)12-13-4-9-16(25-2)17(10-13)26-3/h4-10,19H,11-12H2,1-3H3,(H,20,21). The van der Waals surface area contributed by atoms with Gasteiger partial charge in [0, 0.05) is 5.69 Å². The van der Waals surface area contributed by atoms with Crippen molar-refractivity contribution in [1.29, 1.82) is 0 Å². The number of sulfonamides is 1. The Morgan fingerprint density at radius 1 is 0.926 bits per heavy atom. The molecule has 0 aliphatic carbocycles. The van der Waals surface area contributed by atoms with Crippen LogP contribution in [0.15, 0.2) is 42.5 Å². The number of hydrogen-bond acceptors (Lipinski definition) is 6. The molecule has 1 amide bonds. The van der Waals surface area contributed by atoms with E-state index in [4.69, 9.17) is 14.2 Å². The normalized spacial score (nSPS) is 10.9. The molecule has 0 aliphatic heterocycles. The van der Waals surface area contributed by atoms with E-state index in [1.54, 1.807) is 49.6 Å². The quantitative estimate of drug-likeness (QED) is 0.672. The highest BCUT2D eigenvalue weighted by Crippen LogP contribution is 2.28. The topological polar surface area (TPSA) is 103 Å². The molecule has 2 rings (SSSR count). The number of nitrogens with one attached hydrogen (secondary N) is 2. The van der Waals surface area contributed by atoms with Crippen LogP contribution in [0.1, 0.15) is 5.56 Å². The van der Waals surface area contributed by atoms with Gasteiger partial charge in [0.2, 0.25) is 15.9 Å².